The van der Waals surface area contributed by atoms with Crippen LogP contribution in [-0.4, -0.2) is 0 Å². The third-order valence-electron chi connectivity index (χ3n) is 2.55. The molecule has 0 unspecified atom stereocenters. The third-order valence-corrected chi connectivity index (χ3v) is 2.84. The van der Waals surface area contributed by atoms with E-state index in [-0.39, 0.29) is 10.7 Å². The third kappa shape index (κ3) is 2.54. The predicted octanol–water partition coefficient (Wildman–Crippen LogP) is 4.25. The molecule has 18 heavy (non-hydrogen) atoms. The zero-order chi connectivity index (χ0) is 13.3. The number of nitrogen functional groups attached to an aromatic ring is 1. The van der Waals surface area contributed by atoms with E-state index >= 15 is 0 Å². The van der Waals surface area contributed by atoms with Crippen LogP contribution in [0.2, 0.25) is 5.02 Å². The number of anilines is 3. The lowest BCUT2D eigenvalue weighted by molar-refractivity contribution is 0.586. The van der Waals surface area contributed by atoms with Crippen LogP contribution in [0.15, 0.2) is 30.3 Å². The Morgan fingerprint density at radius 1 is 1.17 bits per heavy atom. The Morgan fingerprint density at radius 2 is 1.89 bits per heavy atom. The van der Waals surface area contributed by atoms with Gasteiger partial charge in [0.25, 0.3) is 0 Å². The first-order valence-electron chi connectivity index (χ1n) is 5.25. The highest BCUT2D eigenvalue weighted by molar-refractivity contribution is 6.33. The largest absolute Gasteiger partial charge is 0.399 e. The van der Waals surface area contributed by atoms with Gasteiger partial charge in [-0.05, 0) is 36.8 Å². The summed E-state index contributed by atoms with van der Waals surface area (Å²) in [5.41, 5.74) is 7.87. The van der Waals surface area contributed by atoms with Gasteiger partial charge in [-0.25, -0.2) is 8.78 Å². The van der Waals surface area contributed by atoms with Gasteiger partial charge in [0.1, 0.15) is 5.82 Å². The molecule has 0 saturated heterocycles. The number of halogens is 3. The topological polar surface area (TPSA) is 38.0 Å². The van der Waals surface area contributed by atoms with Gasteiger partial charge < -0.3 is 11.1 Å². The molecule has 0 atom stereocenters. The van der Waals surface area contributed by atoms with Crippen LogP contribution in [0, 0.1) is 18.6 Å². The summed E-state index contributed by atoms with van der Waals surface area (Å²) in [4.78, 5) is 0. The van der Waals surface area contributed by atoms with E-state index in [1.165, 1.54) is 0 Å². The average molecular weight is 269 g/mol. The van der Waals surface area contributed by atoms with Crippen molar-refractivity contribution in [3.63, 3.8) is 0 Å². The van der Waals surface area contributed by atoms with Crippen LogP contribution in [0.5, 0.6) is 0 Å². The molecule has 0 saturated carbocycles. The average Bonchev–Trinajstić information content (AvgIpc) is 2.28. The van der Waals surface area contributed by atoms with Crippen molar-refractivity contribution >= 4 is 28.7 Å². The summed E-state index contributed by atoms with van der Waals surface area (Å²) < 4.78 is 26.5. The number of nitrogens with two attached hydrogens (primary N) is 1. The SMILES string of the molecule is Cc1cc(Nc2c(F)cc(F)cc2Cl)ccc1N. The van der Waals surface area contributed by atoms with E-state index in [0.29, 0.717) is 11.4 Å². The van der Waals surface area contributed by atoms with Crippen molar-refractivity contribution in [3.8, 4) is 0 Å². The molecule has 0 bridgehead atoms. The van der Waals surface area contributed by atoms with Crippen LogP contribution in [0.1, 0.15) is 5.56 Å². The van der Waals surface area contributed by atoms with Crippen molar-refractivity contribution in [1.82, 2.24) is 0 Å². The molecule has 2 nitrogen and oxygen atoms in total. The fraction of sp³-hybridized carbons (Fsp3) is 0.0769. The highest BCUT2D eigenvalue weighted by Gasteiger charge is 2.10. The molecule has 0 heterocycles. The summed E-state index contributed by atoms with van der Waals surface area (Å²) in [6, 6.07) is 6.98. The van der Waals surface area contributed by atoms with Gasteiger partial charge in [-0.2, -0.15) is 0 Å². The number of hydrogen-bond acceptors (Lipinski definition) is 2. The predicted molar refractivity (Wildman–Crippen MR) is 70.2 cm³/mol. The summed E-state index contributed by atoms with van der Waals surface area (Å²) in [5.74, 6) is -1.45. The molecule has 0 aromatic heterocycles. The summed E-state index contributed by atoms with van der Waals surface area (Å²) in [5, 5.41) is 2.79. The van der Waals surface area contributed by atoms with Gasteiger partial charge in [0, 0.05) is 17.4 Å². The van der Waals surface area contributed by atoms with E-state index in [1.54, 1.807) is 18.2 Å². The second kappa shape index (κ2) is 4.82. The van der Waals surface area contributed by atoms with Crippen molar-refractivity contribution in [1.29, 1.82) is 0 Å². The fourth-order valence-electron chi connectivity index (χ4n) is 1.56. The minimum absolute atomic E-state index is 0.0121. The summed E-state index contributed by atoms with van der Waals surface area (Å²) in [6.07, 6.45) is 0. The van der Waals surface area contributed by atoms with Crippen LogP contribution in [0.25, 0.3) is 0 Å². The summed E-state index contributed by atoms with van der Waals surface area (Å²) in [6.45, 7) is 1.84. The van der Waals surface area contributed by atoms with E-state index in [4.69, 9.17) is 17.3 Å². The molecule has 2 aromatic rings. The van der Waals surface area contributed by atoms with Gasteiger partial charge in [-0.15, -0.1) is 0 Å². The number of nitrogens with one attached hydrogen (secondary N) is 1. The first-order valence-corrected chi connectivity index (χ1v) is 5.63. The molecule has 5 heteroatoms. The highest BCUT2D eigenvalue weighted by Crippen LogP contribution is 2.30. The van der Waals surface area contributed by atoms with Gasteiger partial charge in [0.15, 0.2) is 5.82 Å². The number of benzene rings is 2. The molecule has 3 N–H and O–H groups in total. The number of aryl methyl sites for hydroxylation is 1. The second-order valence-electron chi connectivity index (χ2n) is 3.94. The van der Waals surface area contributed by atoms with Gasteiger partial charge in [0.05, 0.1) is 10.7 Å². The van der Waals surface area contributed by atoms with Gasteiger partial charge in [0.2, 0.25) is 0 Å². The van der Waals surface area contributed by atoms with Gasteiger partial charge >= 0.3 is 0 Å². The molecule has 0 spiro atoms. The lowest BCUT2D eigenvalue weighted by Gasteiger charge is -2.11. The maximum Gasteiger partial charge on any atom is 0.151 e. The van der Waals surface area contributed by atoms with E-state index in [1.807, 2.05) is 6.92 Å². The van der Waals surface area contributed by atoms with Crippen LogP contribution in [0.4, 0.5) is 25.8 Å². The second-order valence-corrected chi connectivity index (χ2v) is 4.35. The Bertz CT molecular complexity index is 577. The molecule has 0 aliphatic heterocycles. The monoisotopic (exact) mass is 268 g/mol. The molecule has 94 valence electrons. The van der Waals surface area contributed by atoms with E-state index in [2.05, 4.69) is 5.32 Å². The number of hydrogen-bond donors (Lipinski definition) is 2. The maximum absolute atomic E-state index is 13.6. The Balaban J connectivity index is 2.37. The van der Waals surface area contributed by atoms with E-state index in [0.717, 1.165) is 17.7 Å². The molecular weight excluding hydrogens is 258 g/mol. The molecule has 0 amide bonds. The van der Waals surface area contributed by atoms with Crippen molar-refractivity contribution in [2.45, 2.75) is 6.92 Å². The Hall–Kier alpha value is -1.81. The van der Waals surface area contributed by atoms with Crippen molar-refractivity contribution in [3.05, 3.63) is 52.6 Å². The fourth-order valence-corrected chi connectivity index (χ4v) is 1.80. The van der Waals surface area contributed by atoms with Crippen molar-refractivity contribution < 1.29 is 8.78 Å². The number of rotatable bonds is 2. The minimum Gasteiger partial charge on any atom is -0.399 e. The zero-order valence-corrected chi connectivity index (χ0v) is 10.4. The Labute approximate surface area is 108 Å². The first-order chi connectivity index (χ1) is 8.47. The molecule has 0 fully saturated rings. The molecule has 0 aliphatic carbocycles. The lowest BCUT2D eigenvalue weighted by Crippen LogP contribution is -1.97. The van der Waals surface area contributed by atoms with Crippen LogP contribution in [-0.2, 0) is 0 Å². The first kappa shape index (κ1) is 12.6. The van der Waals surface area contributed by atoms with Crippen molar-refractivity contribution in [2.24, 2.45) is 0 Å². The molecule has 2 rings (SSSR count). The van der Waals surface area contributed by atoms with Crippen LogP contribution < -0.4 is 11.1 Å². The molecule has 2 aromatic carbocycles. The summed E-state index contributed by atoms with van der Waals surface area (Å²) >= 11 is 5.79. The molecule has 0 radical (unpaired) electrons. The zero-order valence-electron chi connectivity index (χ0n) is 9.60. The standard InChI is InChI=1S/C13H11ClF2N2/c1-7-4-9(2-3-12(7)17)18-13-10(14)5-8(15)6-11(13)16/h2-6,18H,17H2,1H3. The Morgan fingerprint density at radius 3 is 2.50 bits per heavy atom. The highest BCUT2D eigenvalue weighted by atomic mass is 35.5. The molecular formula is C13H11ClF2N2. The quantitative estimate of drug-likeness (QED) is 0.799. The Kier molecular flexibility index (Phi) is 3.39. The van der Waals surface area contributed by atoms with E-state index in [9.17, 15) is 8.78 Å². The van der Waals surface area contributed by atoms with Gasteiger partial charge in [-0.1, -0.05) is 11.6 Å². The smallest absolute Gasteiger partial charge is 0.151 e. The normalized spacial score (nSPS) is 10.4. The maximum atomic E-state index is 13.6. The molecule has 0 aliphatic rings. The van der Waals surface area contributed by atoms with Crippen molar-refractivity contribution in [2.75, 3.05) is 11.1 Å². The van der Waals surface area contributed by atoms with Gasteiger partial charge in [-0.3, -0.25) is 0 Å². The van der Waals surface area contributed by atoms with E-state index < -0.39 is 11.6 Å². The minimum atomic E-state index is -0.741. The lowest BCUT2D eigenvalue weighted by atomic mass is 10.2. The van der Waals surface area contributed by atoms with Crippen LogP contribution >= 0.6 is 11.6 Å². The van der Waals surface area contributed by atoms with Crippen LogP contribution in [0.3, 0.4) is 0 Å². The summed E-state index contributed by atoms with van der Waals surface area (Å²) in [7, 11) is 0.